The van der Waals surface area contributed by atoms with Gasteiger partial charge in [0.1, 0.15) is 12.4 Å². The molecule has 0 aliphatic rings. The van der Waals surface area contributed by atoms with Crippen molar-refractivity contribution in [3.8, 4) is 5.75 Å². The van der Waals surface area contributed by atoms with Crippen molar-refractivity contribution < 1.29 is 14.6 Å². The van der Waals surface area contributed by atoms with Crippen LogP contribution in [0.1, 0.15) is 19.4 Å². The van der Waals surface area contributed by atoms with Crippen molar-refractivity contribution >= 4 is 0 Å². The van der Waals surface area contributed by atoms with E-state index in [0.29, 0.717) is 13.2 Å². The molecule has 1 aromatic rings. The maximum atomic E-state index is 8.62. The molecule has 0 aliphatic carbocycles. The highest BCUT2D eigenvalue weighted by Crippen LogP contribution is 2.16. The molecular formula is C13H19O3. The second kappa shape index (κ2) is 7.25. The Morgan fingerprint density at radius 2 is 1.94 bits per heavy atom. The van der Waals surface area contributed by atoms with Crippen LogP contribution < -0.4 is 4.74 Å². The average molecular weight is 223 g/mol. The summed E-state index contributed by atoms with van der Waals surface area (Å²) < 4.78 is 10.7. The van der Waals surface area contributed by atoms with Gasteiger partial charge in [-0.05, 0) is 31.5 Å². The number of aliphatic hydroxyl groups is 1. The summed E-state index contributed by atoms with van der Waals surface area (Å²) in [6.07, 6.45) is 1.85. The minimum atomic E-state index is 0.0407. The molecule has 0 fully saturated rings. The van der Waals surface area contributed by atoms with Crippen LogP contribution in [0.25, 0.3) is 0 Å². The van der Waals surface area contributed by atoms with Crippen LogP contribution in [-0.2, 0) is 11.2 Å². The van der Waals surface area contributed by atoms with Crippen LogP contribution in [0.5, 0.6) is 5.75 Å². The zero-order valence-electron chi connectivity index (χ0n) is 9.90. The standard InChI is InChI=1S/C13H19O3/c1-3-15-11(2)10-12-4-6-13(7-5-12)16-9-8-14/h4-7,14H,3,8-10H2,1-2H3. The van der Waals surface area contributed by atoms with E-state index in [1.165, 1.54) is 5.56 Å². The predicted octanol–water partition coefficient (Wildman–Crippen LogP) is 2.19. The Balaban J connectivity index is 2.44. The number of ether oxygens (including phenoxy) is 2. The van der Waals surface area contributed by atoms with Crippen molar-refractivity contribution in [3.05, 3.63) is 35.9 Å². The van der Waals surface area contributed by atoms with Crippen LogP contribution in [0.4, 0.5) is 0 Å². The molecule has 1 N–H and O–H groups in total. The summed E-state index contributed by atoms with van der Waals surface area (Å²) in [6.45, 7) is 5.06. The molecule has 0 aliphatic heterocycles. The van der Waals surface area contributed by atoms with E-state index in [1.54, 1.807) is 0 Å². The van der Waals surface area contributed by atoms with Gasteiger partial charge < -0.3 is 14.6 Å². The molecule has 0 saturated heterocycles. The van der Waals surface area contributed by atoms with Crippen LogP contribution in [0.15, 0.2) is 24.3 Å². The highest BCUT2D eigenvalue weighted by molar-refractivity contribution is 5.28. The topological polar surface area (TPSA) is 38.7 Å². The van der Waals surface area contributed by atoms with Gasteiger partial charge in [0.25, 0.3) is 0 Å². The number of aliphatic hydroxyl groups excluding tert-OH is 1. The Kier molecular flexibility index (Phi) is 5.90. The molecular weight excluding hydrogens is 204 g/mol. The van der Waals surface area contributed by atoms with Crippen LogP contribution in [-0.4, -0.2) is 24.9 Å². The summed E-state index contributed by atoms with van der Waals surface area (Å²) in [5.41, 5.74) is 1.20. The molecule has 0 spiro atoms. The molecule has 16 heavy (non-hydrogen) atoms. The minimum Gasteiger partial charge on any atom is -0.491 e. The zero-order valence-corrected chi connectivity index (χ0v) is 9.90. The van der Waals surface area contributed by atoms with E-state index >= 15 is 0 Å². The molecule has 0 unspecified atom stereocenters. The fourth-order valence-electron chi connectivity index (χ4n) is 1.45. The summed E-state index contributed by atoms with van der Waals surface area (Å²) in [7, 11) is 0. The van der Waals surface area contributed by atoms with Gasteiger partial charge >= 0.3 is 0 Å². The summed E-state index contributed by atoms with van der Waals surface area (Å²) in [4.78, 5) is 0. The summed E-state index contributed by atoms with van der Waals surface area (Å²) in [5, 5.41) is 8.62. The van der Waals surface area contributed by atoms with Crippen molar-refractivity contribution in [2.45, 2.75) is 20.3 Å². The van der Waals surface area contributed by atoms with Crippen molar-refractivity contribution in [2.24, 2.45) is 0 Å². The van der Waals surface area contributed by atoms with E-state index in [4.69, 9.17) is 14.6 Å². The fourth-order valence-corrected chi connectivity index (χ4v) is 1.45. The zero-order chi connectivity index (χ0) is 11.8. The van der Waals surface area contributed by atoms with Gasteiger partial charge in [0.15, 0.2) is 0 Å². The lowest BCUT2D eigenvalue weighted by molar-refractivity contribution is 0.160. The Hall–Kier alpha value is -1.06. The largest absolute Gasteiger partial charge is 0.491 e. The van der Waals surface area contributed by atoms with Gasteiger partial charge in [-0.3, -0.25) is 0 Å². The third-order valence-electron chi connectivity index (χ3n) is 2.13. The maximum Gasteiger partial charge on any atom is 0.119 e. The summed E-state index contributed by atoms with van der Waals surface area (Å²) in [5.74, 6) is 0.784. The van der Waals surface area contributed by atoms with Crippen LogP contribution in [0, 0.1) is 6.10 Å². The first-order chi connectivity index (χ1) is 7.76. The van der Waals surface area contributed by atoms with Crippen molar-refractivity contribution in [1.29, 1.82) is 0 Å². The van der Waals surface area contributed by atoms with Crippen molar-refractivity contribution in [2.75, 3.05) is 19.8 Å². The van der Waals surface area contributed by atoms with Gasteiger partial charge in [-0.15, -0.1) is 0 Å². The molecule has 0 heterocycles. The lowest BCUT2D eigenvalue weighted by Gasteiger charge is -2.10. The highest BCUT2D eigenvalue weighted by Gasteiger charge is 2.04. The molecule has 0 amide bonds. The Morgan fingerprint density at radius 1 is 1.25 bits per heavy atom. The first-order valence-corrected chi connectivity index (χ1v) is 5.54. The summed E-state index contributed by atoms with van der Waals surface area (Å²) in [6, 6.07) is 7.83. The highest BCUT2D eigenvalue weighted by atomic mass is 16.5. The predicted molar refractivity (Wildman–Crippen MR) is 63.3 cm³/mol. The molecule has 1 radical (unpaired) electrons. The first kappa shape index (κ1) is 13.0. The number of hydrogen-bond acceptors (Lipinski definition) is 3. The number of hydrogen-bond donors (Lipinski definition) is 1. The second-order valence-corrected chi connectivity index (χ2v) is 3.53. The van der Waals surface area contributed by atoms with Crippen LogP contribution >= 0.6 is 0 Å². The molecule has 3 nitrogen and oxygen atoms in total. The SMILES string of the molecule is CCO[C](C)Cc1ccc(OCCO)cc1. The smallest absolute Gasteiger partial charge is 0.119 e. The van der Waals surface area contributed by atoms with Crippen LogP contribution in [0.3, 0.4) is 0 Å². The molecule has 89 valence electrons. The van der Waals surface area contributed by atoms with Gasteiger partial charge in [0, 0.05) is 13.0 Å². The van der Waals surface area contributed by atoms with Crippen LogP contribution in [0.2, 0.25) is 0 Å². The average Bonchev–Trinajstić information content (AvgIpc) is 2.28. The summed E-state index contributed by atoms with van der Waals surface area (Å²) >= 11 is 0. The second-order valence-electron chi connectivity index (χ2n) is 3.53. The van der Waals surface area contributed by atoms with E-state index in [9.17, 15) is 0 Å². The van der Waals surface area contributed by atoms with Gasteiger partial charge in [-0.25, -0.2) is 0 Å². The third-order valence-corrected chi connectivity index (χ3v) is 2.13. The lowest BCUT2D eigenvalue weighted by Crippen LogP contribution is -2.03. The van der Waals surface area contributed by atoms with E-state index in [0.717, 1.165) is 18.3 Å². The maximum absolute atomic E-state index is 8.62. The van der Waals surface area contributed by atoms with Crippen molar-refractivity contribution in [1.82, 2.24) is 0 Å². The Morgan fingerprint density at radius 3 is 2.50 bits per heavy atom. The van der Waals surface area contributed by atoms with E-state index in [-0.39, 0.29) is 6.61 Å². The van der Waals surface area contributed by atoms with E-state index < -0.39 is 0 Å². The monoisotopic (exact) mass is 223 g/mol. The van der Waals surface area contributed by atoms with Crippen molar-refractivity contribution in [3.63, 3.8) is 0 Å². The Labute approximate surface area is 97.0 Å². The molecule has 0 atom stereocenters. The van der Waals surface area contributed by atoms with E-state index in [2.05, 4.69) is 0 Å². The van der Waals surface area contributed by atoms with E-state index in [1.807, 2.05) is 38.1 Å². The molecule has 1 rings (SSSR count). The molecule has 0 bridgehead atoms. The lowest BCUT2D eigenvalue weighted by atomic mass is 10.1. The van der Waals surface area contributed by atoms with Gasteiger partial charge in [-0.2, -0.15) is 0 Å². The minimum absolute atomic E-state index is 0.0407. The van der Waals surface area contributed by atoms with Gasteiger partial charge in [0.2, 0.25) is 0 Å². The first-order valence-electron chi connectivity index (χ1n) is 5.54. The molecule has 0 saturated carbocycles. The van der Waals surface area contributed by atoms with Gasteiger partial charge in [-0.1, -0.05) is 12.1 Å². The third kappa shape index (κ3) is 4.64. The normalized spacial score (nSPS) is 10.8. The molecule has 0 aromatic heterocycles. The fraction of sp³-hybridized carbons (Fsp3) is 0.462. The molecule has 1 aromatic carbocycles. The molecule has 3 heteroatoms. The number of rotatable bonds is 7. The number of benzene rings is 1. The van der Waals surface area contributed by atoms with Gasteiger partial charge in [0.05, 0.1) is 12.7 Å². The quantitative estimate of drug-likeness (QED) is 0.770. The Bertz CT molecular complexity index is 282.